The van der Waals surface area contributed by atoms with E-state index in [2.05, 4.69) is 107 Å². The van der Waals surface area contributed by atoms with E-state index in [1.54, 1.807) is 12.1 Å². The summed E-state index contributed by atoms with van der Waals surface area (Å²) in [4.78, 5) is 7.46. The lowest BCUT2D eigenvalue weighted by atomic mass is 9.91. The monoisotopic (exact) mass is 545 g/mol. The zero-order valence-corrected chi connectivity index (χ0v) is 23.5. The number of para-hydroxylation sites is 2. The highest BCUT2D eigenvalue weighted by atomic mass is 19.1. The number of aromatic nitrogens is 2. The Morgan fingerprint density at radius 1 is 0.619 bits per heavy atom. The van der Waals surface area contributed by atoms with Crippen LogP contribution in [0.25, 0.3) is 49.9 Å². The van der Waals surface area contributed by atoms with Crippen molar-refractivity contribution in [3.63, 3.8) is 0 Å². The molecule has 8 rings (SSSR count). The molecule has 42 heavy (non-hydrogen) atoms. The van der Waals surface area contributed by atoms with Crippen molar-refractivity contribution in [2.45, 2.75) is 20.4 Å². The van der Waals surface area contributed by atoms with Gasteiger partial charge in [-0.3, -0.25) is 4.57 Å². The van der Waals surface area contributed by atoms with Crippen molar-refractivity contribution in [2.75, 3.05) is 4.90 Å². The summed E-state index contributed by atoms with van der Waals surface area (Å²) in [6.07, 6.45) is 0. The van der Waals surface area contributed by atoms with Gasteiger partial charge in [-0.2, -0.15) is 0 Å². The van der Waals surface area contributed by atoms with Gasteiger partial charge in [0.25, 0.3) is 0 Å². The second kappa shape index (κ2) is 9.42. The molecule has 0 unspecified atom stereocenters. The lowest BCUT2D eigenvalue weighted by molar-refractivity contribution is 0.628. The fourth-order valence-corrected chi connectivity index (χ4v) is 6.55. The number of pyridine rings is 1. The topological polar surface area (TPSA) is 21.1 Å². The van der Waals surface area contributed by atoms with E-state index in [1.165, 1.54) is 50.5 Å². The summed E-state index contributed by atoms with van der Waals surface area (Å²) in [5, 5.41) is 2.35. The number of aryl methyl sites for hydroxylation is 2. The molecular weight excluding hydrogens is 517 g/mol. The van der Waals surface area contributed by atoms with E-state index in [1.807, 2.05) is 19.1 Å². The minimum atomic E-state index is -0.246. The first-order valence-corrected chi connectivity index (χ1v) is 14.3. The first-order chi connectivity index (χ1) is 20.5. The maximum Gasteiger partial charge on any atom is 0.138 e. The molecule has 0 radical (unpaired) electrons. The molecule has 0 amide bonds. The Kier molecular flexibility index (Phi) is 5.51. The smallest absolute Gasteiger partial charge is 0.138 e. The molecule has 3 heterocycles. The average Bonchev–Trinajstić information content (AvgIpc) is 3.33. The second-order valence-corrected chi connectivity index (χ2v) is 11.1. The highest BCUT2D eigenvalue weighted by Crippen LogP contribution is 2.47. The lowest BCUT2D eigenvalue weighted by Gasteiger charge is -2.34. The van der Waals surface area contributed by atoms with Gasteiger partial charge in [-0.1, -0.05) is 72.8 Å². The van der Waals surface area contributed by atoms with Crippen molar-refractivity contribution in [3.05, 3.63) is 144 Å². The molecule has 0 fully saturated rings. The highest BCUT2D eigenvalue weighted by Gasteiger charge is 2.26. The second-order valence-electron chi connectivity index (χ2n) is 11.1. The summed E-state index contributed by atoms with van der Waals surface area (Å²) in [5.41, 5.74) is 12.3. The molecule has 7 aromatic rings. The molecule has 0 bridgehead atoms. The maximum absolute atomic E-state index is 14.2. The number of nitrogens with zero attached hydrogens (tertiary/aromatic N) is 3. The van der Waals surface area contributed by atoms with Crippen LogP contribution in [0.15, 0.2) is 121 Å². The summed E-state index contributed by atoms with van der Waals surface area (Å²) < 4.78 is 16.4. The van der Waals surface area contributed by atoms with Crippen molar-refractivity contribution in [1.29, 1.82) is 0 Å². The average molecular weight is 546 g/mol. The fraction of sp³-hybridized carbons (Fsp3) is 0.0789. The molecule has 3 nitrogen and oxygen atoms in total. The van der Waals surface area contributed by atoms with Gasteiger partial charge in [-0.25, -0.2) is 9.37 Å². The summed E-state index contributed by atoms with van der Waals surface area (Å²) in [7, 11) is 0. The number of halogens is 1. The van der Waals surface area contributed by atoms with Crippen LogP contribution in [0.2, 0.25) is 0 Å². The van der Waals surface area contributed by atoms with Crippen LogP contribution in [0.4, 0.5) is 15.8 Å². The van der Waals surface area contributed by atoms with Gasteiger partial charge in [0.2, 0.25) is 0 Å². The van der Waals surface area contributed by atoms with E-state index >= 15 is 0 Å². The molecule has 0 aliphatic carbocycles. The van der Waals surface area contributed by atoms with Crippen molar-refractivity contribution < 1.29 is 4.39 Å². The number of hydrogen-bond donors (Lipinski definition) is 0. The minimum absolute atomic E-state index is 0.246. The first kappa shape index (κ1) is 24.6. The third-order valence-corrected chi connectivity index (χ3v) is 8.45. The summed E-state index contributed by atoms with van der Waals surface area (Å²) >= 11 is 0. The third kappa shape index (κ3) is 3.83. The largest absolute Gasteiger partial charge is 0.336 e. The molecule has 5 aromatic carbocycles. The molecular formula is C38H28FN3. The van der Waals surface area contributed by atoms with Gasteiger partial charge in [-0.05, 0) is 90.2 Å². The molecule has 1 aliphatic rings. The molecule has 2 aromatic heterocycles. The summed E-state index contributed by atoms with van der Waals surface area (Å²) in [6, 6.07) is 41.4. The van der Waals surface area contributed by atoms with Gasteiger partial charge < -0.3 is 4.90 Å². The molecule has 0 spiro atoms. The summed E-state index contributed by atoms with van der Waals surface area (Å²) in [6.45, 7) is 4.99. The molecule has 0 N–H and O–H groups in total. The third-order valence-electron chi connectivity index (χ3n) is 8.45. The van der Waals surface area contributed by atoms with E-state index in [9.17, 15) is 4.39 Å². The number of rotatable bonds is 3. The van der Waals surface area contributed by atoms with E-state index in [-0.39, 0.29) is 5.82 Å². The zero-order chi connectivity index (χ0) is 28.4. The first-order valence-electron chi connectivity index (χ1n) is 14.3. The lowest BCUT2D eigenvalue weighted by Crippen LogP contribution is -2.22. The van der Waals surface area contributed by atoms with Crippen LogP contribution < -0.4 is 4.90 Å². The Hall–Kier alpha value is -5.22. The van der Waals surface area contributed by atoms with Gasteiger partial charge >= 0.3 is 0 Å². The number of anilines is 2. The van der Waals surface area contributed by atoms with Crippen molar-refractivity contribution in [1.82, 2.24) is 9.55 Å². The fourth-order valence-electron chi connectivity index (χ4n) is 6.55. The predicted molar refractivity (Wildman–Crippen MR) is 171 cm³/mol. The molecule has 0 saturated carbocycles. The normalized spacial score (nSPS) is 12.5. The van der Waals surface area contributed by atoms with E-state index in [0.717, 1.165) is 40.2 Å². The van der Waals surface area contributed by atoms with Crippen LogP contribution in [-0.2, 0) is 6.54 Å². The predicted octanol–water partition coefficient (Wildman–Crippen LogP) is 9.92. The van der Waals surface area contributed by atoms with Crippen LogP contribution in [0.5, 0.6) is 0 Å². The molecule has 0 saturated heterocycles. The molecule has 1 aliphatic heterocycles. The van der Waals surface area contributed by atoms with Gasteiger partial charge in [0.15, 0.2) is 0 Å². The summed E-state index contributed by atoms with van der Waals surface area (Å²) in [5.74, 6) is 0.573. The van der Waals surface area contributed by atoms with E-state index in [4.69, 9.17) is 4.98 Å². The van der Waals surface area contributed by atoms with Crippen LogP contribution in [0, 0.1) is 19.7 Å². The molecule has 202 valence electrons. The van der Waals surface area contributed by atoms with Crippen LogP contribution >= 0.6 is 0 Å². The Labute approximate surface area is 244 Å². The Balaban J connectivity index is 1.44. The minimum Gasteiger partial charge on any atom is -0.336 e. The van der Waals surface area contributed by atoms with Crippen LogP contribution in [0.3, 0.4) is 0 Å². The highest BCUT2D eigenvalue weighted by molar-refractivity contribution is 6.13. The molecule has 0 atom stereocenters. The van der Waals surface area contributed by atoms with E-state index in [0.29, 0.717) is 0 Å². The van der Waals surface area contributed by atoms with Crippen molar-refractivity contribution >= 4 is 33.2 Å². The van der Waals surface area contributed by atoms with Gasteiger partial charge in [0, 0.05) is 34.3 Å². The zero-order valence-electron chi connectivity index (χ0n) is 23.5. The van der Waals surface area contributed by atoms with Crippen LogP contribution in [0.1, 0.15) is 16.8 Å². The Bertz CT molecular complexity index is 2170. The number of fused-ring (bicyclic) bond motifs is 6. The van der Waals surface area contributed by atoms with E-state index < -0.39 is 0 Å². The van der Waals surface area contributed by atoms with Crippen molar-refractivity contribution in [3.8, 4) is 28.1 Å². The maximum atomic E-state index is 14.2. The standard InChI is InChI=1S/C38H28FN3/c1-24-10-3-7-16-34(24)41-23-27-11-4-5-14-30(27)32-22-37-33(21-36(32)41)31-15-6-8-17-35(31)42(37)38-20-28(18-25(2)40-38)26-12-9-13-29(39)19-26/h3-22H,23H2,1-2H3. The Morgan fingerprint density at radius 2 is 1.43 bits per heavy atom. The SMILES string of the molecule is Cc1cc(-c2cccc(F)c2)cc(-n2c3ccccc3c3cc4c(cc32)-c2ccccc2CN4c2ccccc2C)n1. The molecule has 4 heteroatoms. The van der Waals surface area contributed by atoms with Crippen LogP contribution in [-0.4, -0.2) is 9.55 Å². The van der Waals surface area contributed by atoms with Gasteiger partial charge in [0.1, 0.15) is 11.6 Å². The van der Waals surface area contributed by atoms with Crippen molar-refractivity contribution in [2.24, 2.45) is 0 Å². The van der Waals surface area contributed by atoms with Gasteiger partial charge in [-0.15, -0.1) is 0 Å². The van der Waals surface area contributed by atoms with Gasteiger partial charge in [0.05, 0.1) is 16.7 Å². The number of benzene rings is 5. The quantitative estimate of drug-likeness (QED) is 0.220. The number of hydrogen-bond acceptors (Lipinski definition) is 2. The Morgan fingerprint density at radius 3 is 2.31 bits per heavy atom.